The monoisotopic (exact) mass is 368 g/mol. The average Bonchev–Trinajstić information content (AvgIpc) is 2.62. The number of rotatable bonds is 4. The molecule has 8 heteroatoms. The first-order valence-electron chi connectivity index (χ1n) is 8.13. The second-order valence-electron chi connectivity index (χ2n) is 6.21. The first kappa shape index (κ1) is 19.4. The lowest BCUT2D eigenvalue weighted by atomic mass is 9.96. The van der Waals surface area contributed by atoms with Crippen molar-refractivity contribution in [1.29, 1.82) is 0 Å². The number of benzene rings is 1. The quantitative estimate of drug-likeness (QED) is 0.807. The van der Waals surface area contributed by atoms with Crippen molar-refractivity contribution in [2.75, 3.05) is 27.2 Å². The number of methoxy groups -OCH3 is 1. The summed E-state index contributed by atoms with van der Waals surface area (Å²) in [5.74, 6) is -0.659. The third-order valence-corrected chi connectivity index (χ3v) is 6.28. The van der Waals surface area contributed by atoms with Gasteiger partial charge in [0, 0.05) is 18.7 Å². The lowest BCUT2D eigenvalue weighted by molar-refractivity contribution is -0.146. The maximum absolute atomic E-state index is 12.8. The lowest BCUT2D eigenvalue weighted by Gasteiger charge is -2.31. The van der Waals surface area contributed by atoms with Gasteiger partial charge in [0.15, 0.2) is 0 Å². The minimum Gasteiger partial charge on any atom is -0.469 e. The van der Waals surface area contributed by atoms with Crippen LogP contribution in [0.15, 0.2) is 17.0 Å². The summed E-state index contributed by atoms with van der Waals surface area (Å²) < 4.78 is 31.4. The molecule has 1 N–H and O–H groups in total. The molecule has 2 rings (SSSR count). The number of carbonyl (C=O) groups excluding carboxylic acids is 2. The van der Waals surface area contributed by atoms with Crippen LogP contribution in [0.4, 0.5) is 0 Å². The van der Waals surface area contributed by atoms with Gasteiger partial charge < -0.3 is 9.64 Å². The first-order valence-corrected chi connectivity index (χ1v) is 9.61. The van der Waals surface area contributed by atoms with Crippen LogP contribution >= 0.6 is 0 Å². The van der Waals surface area contributed by atoms with E-state index in [2.05, 4.69) is 4.72 Å². The molecule has 25 heavy (non-hydrogen) atoms. The zero-order valence-electron chi connectivity index (χ0n) is 15.0. The normalized spacial score (nSPS) is 15.9. The fourth-order valence-electron chi connectivity index (χ4n) is 3.01. The van der Waals surface area contributed by atoms with Gasteiger partial charge in [-0.05, 0) is 57.0 Å². The number of nitrogens with zero attached hydrogens (tertiary/aromatic N) is 1. The van der Waals surface area contributed by atoms with Crippen LogP contribution in [-0.4, -0.2) is 52.4 Å². The summed E-state index contributed by atoms with van der Waals surface area (Å²) in [6, 6.07) is 3.13. The predicted molar refractivity (Wildman–Crippen MR) is 92.8 cm³/mol. The molecule has 1 saturated heterocycles. The molecule has 1 aromatic carbocycles. The van der Waals surface area contributed by atoms with Gasteiger partial charge in [-0.25, -0.2) is 13.1 Å². The minimum absolute atomic E-state index is 0.114. The van der Waals surface area contributed by atoms with E-state index >= 15 is 0 Å². The van der Waals surface area contributed by atoms with E-state index in [9.17, 15) is 18.0 Å². The van der Waals surface area contributed by atoms with Gasteiger partial charge in [-0.3, -0.25) is 9.59 Å². The van der Waals surface area contributed by atoms with Crippen molar-refractivity contribution in [3.8, 4) is 0 Å². The Hall–Kier alpha value is -1.93. The zero-order chi connectivity index (χ0) is 18.8. The number of hydrogen-bond acceptors (Lipinski definition) is 5. The first-order chi connectivity index (χ1) is 11.7. The number of carbonyl (C=O) groups is 2. The van der Waals surface area contributed by atoms with E-state index in [0.717, 1.165) is 5.56 Å². The van der Waals surface area contributed by atoms with Crippen molar-refractivity contribution in [3.05, 3.63) is 28.8 Å². The topological polar surface area (TPSA) is 92.8 Å². The van der Waals surface area contributed by atoms with Crippen molar-refractivity contribution in [2.24, 2.45) is 5.92 Å². The summed E-state index contributed by atoms with van der Waals surface area (Å²) in [4.78, 5) is 26.1. The van der Waals surface area contributed by atoms with Crippen LogP contribution in [0.2, 0.25) is 0 Å². The summed E-state index contributed by atoms with van der Waals surface area (Å²) in [5, 5.41) is 0. The van der Waals surface area contributed by atoms with Gasteiger partial charge in [0.2, 0.25) is 10.0 Å². The summed E-state index contributed by atoms with van der Waals surface area (Å²) in [6.45, 7) is 4.39. The molecule has 1 amide bonds. The predicted octanol–water partition coefficient (Wildman–Crippen LogP) is 1.24. The summed E-state index contributed by atoms with van der Waals surface area (Å²) in [6.07, 6.45) is 1.09. The number of piperidine rings is 1. The van der Waals surface area contributed by atoms with E-state index in [1.165, 1.54) is 20.2 Å². The highest BCUT2D eigenvalue weighted by Crippen LogP contribution is 2.24. The Balaban J connectivity index is 2.25. The average molecular weight is 368 g/mol. The molecule has 0 spiro atoms. The highest BCUT2D eigenvalue weighted by molar-refractivity contribution is 7.89. The molecular weight excluding hydrogens is 344 g/mol. The van der Waals surface area contributed by atoms with Gasteiger partial charge in [-0.15, -0.1) is 0 Å². The van der Waals surface area contributed by atoms with Gasteiger partial charge in [0.1, 0.15) is 0 Å². The van der Waals surface area contributed by atoms with Crippen molar-refractivity contribution >= 4 is 21.9 Å². The van der Waals surface area contributed by atoms with Gasteiger partial charge in [-0.2, -0.15) is 0 Å². The molecule has 138 valence electrons. The number of hydrogen-bond donors (Lipinski definition) is 1. The largest absolute Gasteiger partial charge is 0.469 e. The second-order valence-corrected chi connectivity index (χ2v) is 8.07. The van der Waals surface area contributed by atoms with Gasteiger partial charge in [-0.1, -0.05) is 0 Å². The van der Waals surface area contributed by atoms with Gasteiger partial charge in [0.25, 0.3) is 5.91 Å². The lowest BCUT2D eigenvalue weighted by Crippen LogP contribution is -2.40. The van der Waals surface area contributed by atoms with Crippen LogP contribution in [-0.2, 0) is 19.6 Å². The SMILES string of the molecule is CNS(=O)(=O)c1cc(C(=O)N2CCC(C(=O)OC)CC2)cc(C)c1C. The minimum atomic E-state index is -3.64. The Morgan fingerprint density at radius 1 is 1.20 bits per heavy atom. The molecule has 1 heterocycles. The molecule has 1 fully saturated rings. The molecule has 0 atom stereocenters. The number of amides is 1. The summed E-state index contributed by atoms with van der Waals surface area (Å²) >= 11 is 0. The highest BCUT2D eigenvalue weighted by atomic mass is 32.2. The van der Waals surface area contributed by atoms with E-state index in [1.54, 1.807) is 24.8 Å². The third-order valence-electron chi connectivity index (χ3n) is 4.74. The number of esters is 1. The van der Waals surface area contributed by atoms with E-state index < -0.39 is 10.0 Å². The molecule has 0 bridgehead atoms. The Labute approximate surface area is 148 Å². The van der Waals surface area contributed by atoms with E-state index in [-0.39, 0.29) is 22.7 Å². The second kappa shape index (κ2) is 7.53. The van der Waals surface area contributed by atoms with Crippen LogP contribution in [0.1, 0.15) is 34.3 Å². The molecule has 0 aliphatic carbocycles. The van der Waals surface area contributed by atoms with Crippen LogP contribution in [0.3, 0.4) is 0 Å². The molecule has 0 unspecified atom stereocenters. The number of sulfonamides is 1. The zero-order valence-corrected chi connectivity index (χ0v) is 15.8. The number of nitrogens with one attached hydrogen (secondary N) is 1. The molecule has 1 aromatic rings. The van der Waals surface area contributed by atoms with Crippen LogP contribution < -0.4 is 4.72 Å². The Bertz CT molecular complexity index is 780. The van der Waals surface area contributed by atoms with Gasteiger partial charge in [0.05, 0.1) is 17.9 Å². The smallest absolute Gasteiger partial charge is 0.308 e. The van der Waals surface area contributed by atoms with Crippen LogP contribution in [0.25, 0.3) is 0 Å². The molecular formula is C17H24N2O5S. The maximum atomic E-state index is 12.8. The molecule has 0 radical (unpaired) electrons. The number of likely N-dealkylation sites (tertiary alicyclic amines) is 1. The van der Waals surface area contributed by atoms with Crippen molar-refractivity contribution in [2.45, 2.75) is 31.6 Å². The third kappa shape index (κ3) is 4.01. The molecule has 0 aromatic heterocycles. The number of aryl methyl sites for hydroxylation is 1. The number of ether oxygens (including phenoxy) is 1. The molecule has 7 nitrogen and oxygen atoms in total. The van der Waals surface area contributed by atoms with E-state index in [1.807, 2.05) is 0 Å². The van der Waals surface area contributed by atoms with Crippen molar-refractivity contribution < 1.29 is 22.7 Å². The van der Waals surface area contributed by atoms with E-state index in [0.29, 0.717) is 37.1 Å². The fourth-order valence-corrected chi connectivity index (χ4v) is 4.07. The van der Waals surface area contributed by atoms with Crippen LogP contribution in [0.5, 0.6) is 0 Å². The van der Waals surface area contributed by atoms with Crippen molar-refractivity contribution in [1.82, 2.24) is 9.62 Å². The fraction of sp³-hybridized carbons (Fsp3) is 0.529. The summed E-state index contributed by atoms with van der Waals surface area (Å²) in [5.41, 5.74) is 1.70. The Morgan fingerprint density at radius 2 is 1.80 bits per heavy atom. The molecule has 0 saturated carbocycles. The standard InChI is InChI=1S/C17H24N2O5S/c1-11-9-14(10-15(12(11)2)25(22,23)18-3)16(20)19-7-5-13(6-8-19)17(21)24-4/h9-10,13,18H,5-8H2,1-4H3. The Morgan fingerprint density at radius 3 is 2.32 bits per heavy atom. The van der Waals surface area contributed by atoms with Crippen molar-refractivity contribution in [3.63, 3.8) is 0 Å². The van der Waals surface area contributed by atoms with Gasteiger partial charge >= 0.3 is 5.97 Å². The maximum Gasteiger partial charge on any atom is 0.308 e. The molecule has 1 aliphatic rings. The summed E-state index contributed by atoms with van der Waals surface area (Å²) in [7, 11) is -0.940. The highest BCUT2D eigenvalue weighted by Gasteiger charge is 2.29. The Kier molecular flexibility index (Phi) is 5.84. The molecule has 1 aliphatic heterocycles. The van der Waals surface area contributed by atoms with Crippen LogP contribution in [0, 0.1) is 19.8 Å². The van der Waals surface area contributed by atoms with E-state index in [4.69, 9.17) is 4.74 Å².